The lowest BCUT2D eigenvalue weighted by Crippen LogP contribution is -2.54. The Balaban J connectivity index is 1.43. The van der Waals surface area contributed by atoms with Crippen molar-refractivity contribution in [2.24, 2.45) is 11.8 Å². The SMILES string of the molecule is O=C1[C@H]2[C@H](Cc3ccc(O)c(O)c3)N[C@@]3(C(=O)Nc4ccc(F)cc43)[C@H]2C(=O)N1C[C@@H]1CCCO1. The van der Waals surface area contributed by atoms with Gasteiger partial charge in [0.1, 0.15) is 11.4 Å². The molecule has 2 aromatic carbocycles. The third-order valence-corrected chi connectivity index (χ3v) is 7.67. The van der Waals surface area contributed by atoms with Gasteiger partial charge in [-0.1, -0.05) is 6.07 Å². The first-order chi connectivity index (χ1) is 16.8. The average Bonchev–Trinajstić information content (AvgIpc) is 3.56. The molecule has 10 heteroatoms. The fourth-order valence-corrected chi connectivity index (χ4v) is 6.13. The van der Waals surface area contributed by atoms with E-state index >= 15 is 0 Å². The van der Waals surface area contributed by atoms with Gasteiger partial charge >= 0.3 is 0 Å². The zero-order valence-corrected chi connectivity index (χ0v) is 18.7. The van der Waals surface area contributed by atoms with Crippen LogP contribution in [0.2, 0.25) is 0 Å². The Hall–Kier alpha value is -3.50. The maximum atomic E-state index is 14.3. The Morgan fingerprint density at radius 1 is 1.09 bits per heavy atom. The van der Waals surface area contributed by atoms with Gasteiger partial charge in [-0.15, -0.1) is 0 Å². The summed E-state index contributed by atoms with van der Waals surface area (Å²) < 4.78 is 20.0. The Kier molecular flexibility index (Phi) is 4.87. The topological polar surface area (TPSA) is 128 Å². The van der Waals surface area contributed by atoms with E-state index in [0.717, 1.165) is 12.8 Å². The zero-order valence-electron chi connectivity index (χ0n) is 18.7. The number of anilines is 1. The van der Waals surface area contributed by atoms with Crippen LogP contribution in [0.3, 0.4) is 0 Å². The van der Waals surface area contributed by atoms with Crippen molar-refractivity contribution in [3.05, 3.63) is 53.3 Å². The van der Waals surface area contributed by atoms with Crippen molar-refractivity contribution in [1.82, 2.24) is 10.2 Å². The molecule has 3 saturated heterocycles. The van der Waals surface area contributed by atoms with Crippen LogP contribution in [0.4, 0.5) is 10.1 Å². The molecule has 0 saturated carbocycles. The van der Waals surface area contributed by atoms with Crippen LogP contribution in [0, 0.1) is 17.7 Å². The second-order valence-electron chi connectivity index (χ2n) is 9.66. The summed E-state index contributed by atoms with van der Waals surface area (Å²) in [6.45, 7) is 0.687. The number of likely N-dealkylation sites (tertiary alicyclic amines) is 1. The minimum Gasteiger partial charge on any atom is -0.504 e. The highest BCUT2D eigenvalue weighted by molar-refractivity contribution is 6.15. The van der Waals surface area contributed by atoms with Crippen LogP contribution in [0.1, 0.15) is 24.0 Å². The molecule has 0 aliphatic carbocycles. The molecule has 4 aliphatic rings. The van der Waals surface area contributed by atoms with E-state index in [4.69, 9.17) is 4.74 Å². The quantitative estimate of drug-likeness (QED) is 0.384. The lowest BCUT2D eigenvalue weighted by molar-refractivity contribution is -0.144. The van der Waals surface area contributed by atoms with Gasteiger partial charge in [-0.2, -0.15) is 0 Å². The second kappa shape index (κ2) is 7.76. The first kappa shape index (κ1) is 22.0. The van der Waals surface area contributed by atoms with E-state index in [2.05, 4.69) is 10.6 Å². The third-order valence-electron chi connectivity index (χ3n) is 7.67. The van der Waals surface area contributed by atoms with Crippen molar-refractivity contribution in [2.45, 2.75) is 36.9 Å². The summed E-state index contributed by atoms with van der Waals surface area (Å²) in [6, 6.07) is 7.57. The standard InChI is InChI=1S/C25H24FN3O6/c26-13-4-5-16-15(10-13)25(24(34)27-16)21-20(17(28-25)8-12-3-6-18(30)19(31)9-12)22(32)29(23(21)33)11-14-2-1-7-35-14/h3-6,9-10,14,17,20-21,28,30-31H,1-2,7-8,11H2,(H,27,34)/t14-,17-,20-,21+,25+/m0/s1. The number of ether oxygens (including phenoxy) is 1. The molecule has 0 aromatic heterocycles. The molecule has 182 valence electrons. The molecule has 1 spiro atoms. The first-order valence-corrected chi connectivity index (χ1v) is 11.7. The van der Waals surface area contributed by atoms with Crippen molar-refractivity contribution >= 4 is 23.4 Å². The number of nitrogens with one attached hydrogen (secondary N) is 2. The Labute approximate surface area is 199 Å². The molecule has 2 aromatic rings. The summed E-state index contributed by atoms with van der Waals surface area (Å²) in [4.78, 5) is 42.0. The van der Waals surface area contributed by atoms with Gasteiger partial charge in [0.2, 0.25) is 17.7 Å². The lowest BCUT2D eigenvalue weighted by atomic mass is 9.76. The predicted molar refractivity (Wildman–Crippen MR) is 120 cm³/mol. The van der Waals surface area contributed by atoms with E-state index in [9.17, 15) is 29.0 Å². The monoisotopic (exact) mass is 481 g/mol. The van der Waals surface area contributed by atoms with Crippen molar-refractivity contribution < 1.29 is 33.7 Å². The minimum absolute atomic E-state index is 0.116. The normalized spacial score (nSPS) is 31.3. The number of fused-ring (bicyclic) bond motifs is 4. The Morgan fingerprint density at radius 2 is 1.91 bits per heavy atom. The Morgan fingerprint density at radius 3 is 2.66 bits per heavy atom. The molecular formula is C25H24FN3O6. The highest BCUT2D eigenvalue weighted by atomic mass is 19.1. The maximum absolute atomic E-state index is 14.3. The van der Waals surface area contributed by atoms with Crippen LogP contribution in [-0.4, -0.2) is 58.1 Å². The number of rotatable bonds is 4. The van der Waals surface area contributed by atoms with Crippen LogP contribution in [0.25, 0.3) is 0 Å². The number of hydrogen-bond donors (Lipinski definition) is 4. The molecule has 0 unspecified atom stereocenters. The fraction of sp³-hybridized carbons (Fsp3) is 0.400. The van der Waals surface area contributed by atoms with Gasteiger partial charge in [0.25, 0.3) is 0 Å². The maximum Gasteiger partial charge on any atom is 0.250 e. The number of imide groups is 1. The molecule has 5 atom stereocenters. The zero-order chi connectivity index (χ0) is 24.5. The smallest absolute Gasteiger partial charge is 0.250 e. The average molecular weight is 481 g/mol. The van der Waals surface area contributed by atoms with Crippen LogP contribution in [-0.2, 0) is 31.1 Å². The van der Waals surface area contributed by atoms with Crippen molar-refractivity contribution in [2.75, 3.05) is 18.5 Å². The van der Waals surface area contributed by atoms with Gasteiger partial charge in [-0.05, 0) is 55.2 Å². The summed E-state index contributed by atoms with van der Waals surface area (Å²) in [6.07, 6.45) is 1.53. The van der Waals surface area contributed by atoms with E-state index in [0.29, 0.717) is 23.4 Å². The molecular weight excluding hydrogens is 457 g/mol. The van der Waals surface area contributed by atoms with Crippen LogP contribution < -0.4 is 10.6 Å². The molecule has 6 rings (SSSR count). The predicted octanol–water partition coefficient (Wildman–Crippen LogP) is 1.38. The van der Waals surface area contributed by atoms with Gasteiger partial charge < -0.3 is 20.3 Å². The summed E-state index contributed by atoms with van der Waals surface area (Å²) in [5.41, 5.74) is -0.314. The number of amides is 3. The first-order valence-electron chi connectivity index (χ1n) is 11.7. The van der Waals surface area contributed by atoms with Crippen LogP contribution in [0.15, 0.2) is 36.4 Å². The van der Waals surface area contributed by atoms with Gasteiger partial charge in [-0.3, -0.25) is 24.6 Å². The molecule has 0 radical (unpaired) electrons. The number of nitrogens with zero attached hydrogens (tertiary/aromatic N) is 1. The van der Waals surface area contributed by atoms with Crippen LogP contribution >= 0.6 is 0 Å². The third kappa shape index (κ3) is 3.16. The number of phenols is 2. The number of aromatic hydroxyl groups is 2. The summed E-state index contributed by atoms with van der Waals surface area (Å²) >= 11 is 0. The second-order valence-corrected chi connectivity index (χ2v) is 9.66. The minimum atomic E-state index is -1.61. The number of hydrogen-bond acceptors (Lipinski definition) is 7. The molecule has 0 bridgehead atoms. The van der Waals surface area contributed by atoms with Crippen molar-refractivity contribution in [3.8, 4) is 11.5 Å². The molecule has 9 nitrogen and oxygen atoms in total. The van der Waals surface area contributed by atoms with Gasteiger partial charge in [0, 0.05) is 23.9 Å². The lowest BCUT2D eigenvalue weighted by Gasteiger charge is -2.30. The molecule has 4 N–H and O–H groups in total. The Bertz CT molecular complexity index is 1260. The van der Waals surface area contributed by atoms with Crippen LogP contribution in [0.5, 0.6) is 11.5 Å². The highest BCUT2D eigenvalue weighted by Crippen LogP contribution is 2.53. The largest absolute Gasteiger partial charge is 0.504 e. The summed E-state index contributed by atoms with van der Waals surface area (Å²) in [5, 5.41) is 25.6. The van der Waals surface area contributed by atoms with Gasteiger partial charge in [0.15, 0.2) is 11.5 Å². The number of carbonyl (C=O) groups is 3. The molecule has 4 heterocycles. The number of halogens is 1. The van der Waals surface area contributed by atoms with E-state index in [-0.39, 0.29) is 30.6 Å². The van der Waals surface area contributed by atoms with E-state index in [1.165, 1.54) is 35.2 Å². The molecule has 4 aliphatic heterocycles. The summed E-state index contributed by atoms with van der Waals surface area (Å²) in [7, 11) is 0. The number of carbonyl (C=O) groups excluding carboxylic acids is 3. The fourth-order valence-electron chi connectivity index (χ4n) is 6.13. The van der Waals surface area contributed by atoms with E-state index in [1.54, 1.807) is 6.07 Å². The van der Waals surface area contributed by atoms with Crippen molar-refractivity contribution in [1.29, 1.82) is 0 Å². The van der Waals surface area contributed by atoms with E-state index in [1.807, 2.05) is 0 Å². The van der Waals surface area contributed by atoms with Gasteiger partial charge in [-0.25, -0.2) is 4.39 Å². The van der Waals surface area contributed by atoms with Gasteiger partial charge in [0.05, 0.1) is 24.5 Å². The number of benzene rings is 2. The molecule has 3 amide bonds. The van der Waals surface area contributed by atoms with E-state index < -0.39 is 47.0 Å². The molecule has 3 fully saturated rings. The highest BCUT2D eigenvalue weighted by Gasteiger charge is 2.70. The van der Waals surface area contributed by atoms with Crippen molar-refractivity contribution in [3.63, 3.8) is 0 Å². The summed E-state index contributed by atoms with van der Waals surface area (Å²) in [5.74, 6) is -4.47. The number of phenolic OH excluding ortho intramolecular Hbond substituents is 2. The molecule has 35 heavy (non-hydrogen) atoms.